The smallest absolute Gasteiger partial charge is 0.310 e. The van der Waals surface area contributed by atoms with E-state index in [2.05, 4.69) is 6.58 Å². The van der Waals surface area contributed by atoms with Gasteiger partial charge in [0.05, 0.1) is 5.92 Å². The van der Waals surface area contributed by atoms with Crippen LogP contribution in [0.3, 0.4) is 0 Å². The Balaban J connectivity index is 3.82. The molecule has 58 valence electrons. The van der Waals surface area contributed by atoms with Crippen LogP contribution in [-0.2, 0) is 4.79 Å². The largest absolute Gasteiger partial charge is 0.481 e. The Kier molecular flexibility index (Phi) is 3.77. The summed E-state index contributed by atoms with van der Waals surface area (Å²) in [6.45, 7) is 7.37. The van der Waals surface area contributed by atoms with E-state index in [-0.39, 0.29) is 5.92 Å². The van der Waals surface area contributed by atoms with Crippen LogP contribution in [0.25, 0.3) is 0 Å². The molecule has 0 rings (SSSR count). The number of carboxylic acids is 1. The van der Waals surface area contributed by atoms with Gasteiger partial charge in [-0.15, -0.1) is 0 Å². The van der Waals surface area contributed by atoms with E-state index in [0.29, 0.717) is 0 Å². The lowest BCUT2D eigenvalue weighted by molar-refractivity contribution is -0.139. The van der Waals surface area contributed by atoms with Crippen LogP contribution in [0.1, 0.15) is 26.7 Å². The average molecular weight is 142 g/mol. The summed E-state index contributed by atoms with van der Waals surface area (Å²) in [7, 11) is 0. The molecule has 0 aliphatic carbocycles. The highest BCUT2D eigenvalue weighted by Crippen LogP contribution is 2.13. The lowest BCUT2D eigenvalue weighted by atomic mass is 9.99. The van der Waals surface area contributed by atoms with Crippen LogP contribution < -0.4 is 0 Å². The molecule has 0 bridgehead atoms. The maximum absolute atomic E-state index is 10.4. The van der Waals surface area contributed by atoms with Crippen molar-refractivity contribution in [3.8, 4) is 0 Å². The fourth-order valence-electron chi connectivity index (χ4n) is 0.712. The van der Waals surface area contributed by atoms with Crippen molar-refractivity contribution >= 4 is 5.97 Å². The second-order valence-electron chi connectivity index (χ2n) is 2.47. The molecule has 0 amide bonds. The Morgan fingerprint density at radius 1 is 1.70 bits per heavy atom. The first-order valence-corrected chi connectivity index (χ1v) is 3.50. The van der Waals surface area contributed by atoms with Gasteiger partial charge in [0, 0.05) is 0 Å². The van der Waals surface area contributed by atoms with Crippen molar-refractivity contribution < 1.29 is 9.90 Å². The van der Waals surface area contributed by atoms with E-state index in [1.807, 2.05) is 6.92 Å². The lowest BCUT2D eigenvalue weighted by Crippen LogP contribution is -2.11. The molecule has 1 atom stereocenters. The van der Waals surface area contributed by atoms with E-state index >= 15 is 0 Å². The van der Waals surface area contributed by atoms with Crippen LogP contribution in [0, 0.1) is 5.92 Å². The van der Waals surface area contributed by atoms with Gasteiger partial charge in [-0.1, -0.05) is 25.5 Å². The molecule has 0 spiro atoms. The maximum Gasteiger partial charge on any atom is 0.310 e. The molecule has 0 fully saturated rings. The molecule has 0 saturated carbocycles. The van der Waals surface area contributed by atoms with Gasteiger partial charge in [0.2, 0.25) is 0 Å². The predicted molar refractivity (Wildman–Crippen MR) is 40.8 cm³/mol. The van der Waals surface area contributed by atoms with Gasteiger partial charge in [0.15, 0.2) is 0 Å². The molecule has 10 heavy (non-hydrogen) atoms. The molecule has 0 saturated heterocycles. The molecule has 2 nitrogen and oxygen atoms in total. The average Bonchev–Trinajstić information content (AvgIpc) is 1.87. The fourth-order valence-corrected chi connectivity index (χ4v) is 0.712. The molecular weight excluding hydrogens is 128 g/mol. The van der Waals surface area contributed by atoms with Gasteiger partial charge in [-0.2, -0.15) is 0 Å². The molecule has 0 aromatic rings. The number of carbonyl (C=O) groups is 1. The molecule has 0 heterocycles. The van der Waals surface area contributed by atoms with Gasteiger partial charge in [-0.3, -0.25) is 4.79 Å². The number of aliphatic carboxylic acids is 1. The van der Waals surface area contributed by atoms with Gasteiger partial charge in [0.1, 0.15) is 0 Å². The summed E-state index contributed by atoms with van der Waals surface area (Å²) < 4.78 is 0. The molecule has 2 heteroatoms. The van der Waals surface area contributed by atoms with Crippen LogP contribution in [0.4, 0.5) is 0 Å². The normalized spacial score (nSPS) is 12.6. The summed E-state index contributed by atoms with van der Waals surface area (Å²) in [5.74, 6) is -1.17. The Morgan fingerprint density at radius 3 is 2.50 bits per heavy atom. The SMILES string of the molecule is C=C(CCC)C(C)C(=O)O. The minimum absolute atomic E-state index is 0.389. The Bertz CT molecular complexity index is 138. The molecule has 0 aliphatic heterocycles. The van der Waals surface area contributed by atoms with E-state index in [1.54, 1.807) is 6.92 Å². The maximum atomic E-state index is 10.4. The number of rotatable bonds is 4. The van der Waals surface area contributed by atoms with Crippen molar-refractivity contribution in [1.82, 2.24) is 0 Å². The zero-order valence-corrected chi connectivity index (χ0v) is 6.55. The van der Waals surface area contributed by atoms with Crippen LogP contribution in [0.5, 0.6) is 0 Å². The van der Waals surface area contributed by atoms with E-state index in [9.17, 15) is 4.79 Å². The van der Waals surface area contributed by atoms with Crippen molar-refractivity contribution in [1.29, 1.82) is 0 Å². The third-order valence-electron chi connectivity index (χ3n) is 1.55. The molecule has 0 aromatic carbocycles. The predicted octanol–water partition coefficient (Wildman–Crippen LogP) is 2.06. The zero-order chi connectivity index (χ0) is 8.15. The Morgan fingerprint density at radius 2 is 2.20 bits per heavy atom. The third-order valence-corrected chi connectivity index (χ3v) is 1.55. The van der Waals surface area contributed by atoms with Gasteiger partial charge in [0.25, 0.3) is 0 Å². The summed E-state index contributed by atoms with van der Waals surface area (Å²) in [6.07, 6.45) is 1.78. The van der Waals surface area contributed by atoms with Crippen LogP contribution in [0.15, 0.2) is 12.2 Å². The fraction of sp³-hybridized carbons (Fsp3) is 0.625. The minimum Gasteiger partial charge on any atom is -0.481 e. The molecular formula is C8H14O2. The van der Waals surface area contributed by atoms with Crippen LogP contribution in [0.2, 0.25) is 0 Å². The Labute approximate surface area is 61.6 Å². The minimum atomic E-state index is -0.779. The summed E-state index contributed by atoms with van der Waals surface area (Å²) in [6, 6.07) is 0. The highest BCUT2D eigenvalue weighted by Gasteiger charge is 2.12. The summed E-state index contributed by atoms with van der Waals surface area (Å²) in [5.41, 5.74) is 0.815. The quantitative estimate of drug-likeness (QED) is 0.610. The first-order chi connectivity index (χ1) is 4.59. The number of hydrogen-bond acceptors (Lipinski definition) is 1. The van der Waals surface area contributed by atoms with Crippen molar-refractivity contribution in [2.45, 2.75) is 26.7 Å². The van der Waals surface area contributed by atoms with E-state index in [1.165, 1.54) is 0 Å². The second-order valence-corrected chi connectivity index (χ2v) is 2.47. The Hall–Kier alpha value is -0.790. The third kappa shape index (κ3) is 2.67. The van der Waals surface area contributed by atoms with Gasteiger partial charge in [-0.05, 0) is 13.3 Å². The monoisotopic (exact) mass is 142 g/mol. The van der Waals surface area contributed by atoms with Gasteiger partial charge < -0.3 is 5.11 Å². The number of hydrogen-bond donors (Lipinski definition) is 1. The second kappa shape index (κ2) is 4.09. The van der Waals surface area contributed by atoms with Gasteiger partial charge >= 0.3 is 5.97 Å². The molecule has 1 unspecified atom stereocenters. The van der Waals surface area contributed by atoms with Crippen molar-refractivity contribution in [3.63, 3.8) is 0 Å². The van der Waals surface area contributed by atoms with Crippen LogP contribution in [-0.4, -0.2) is 11.1 Å². The van der Waals surface area contributed by atoms with Crippen molar-refractivity contribution in [2.24, 2.45) is 5.92 Å². The number of carboxylic acid groups (broad SMARTS) is 1. The van der Waals surface area contributed by atoms with Gasteiger partial charge in [-0.25, -0.2) is 0 Å². The molecule has 0 aliphatic rings. The highest BCUT2D eigenvalue weighted by molar-refractivity contribution is 5.72. The zero-order valence-electron chi connectivity index (χ0n) is 6.55. The first-order valence-electron chi connectivity index (χ1n) is 3.50. The van der Waals surface area contributed by atoms with Crippen LogP contribution >= 0.6 is 0 Å². The van der Waals surface area contributed by atoms with Crippen molar-refractivity contribution in [3.05, 3.63) is 12.2 Å². The standard InChI is InChI=1S/C8H14O2/c1-4-5-6(2)7(3)8(9)10/h7H,2,4-5H2,1,3H3,(H,9,10). The topological polar surface area (TPSA) is 37.3 Å². The lowest BCUT2D eigenvalue weighted by Gasteiger charge is -2.07. The summed E-state index contributed by atoms with van der Waals surface area (Å²) in [4.78, 5) is 10.4. The molecule has 0 aromatic heterocycles. The molecule has 0 radical (unpaired) electrons. The first kappa shape index (κ1) is 9.21. The molecule has 1 N–H and O–H groups in total. The summed E-state index contributed by atoms with van der Waals surface area (Å²) in [5, 5.41) is 8.52. The van der Waals surface area contributed by atoms with Crippen molar-refractivity contribution in [2.75, 3.05) is 0 Å². The van der Waals surface area contributed by atoms with E-state index in [0.717, 1.165) is 18.4 Å². The van der Waals surface area contributed by atoms with E-state index in [4.69, 9.17) is 5.11 Å². The van der Waals surface area contributed by atoms with E-state index < -0.39 is 5.97 Å². The highest BCUT2D eigenvalue weighted by atomic mass is 16.4. The summed E-state index contributed by atoms with van der Waals surface area (Å²) >= 11 is 0.